The molecule has 3 rings (SSSR count). The Bertz CT molecular complexity index is 894. The van der Waals surface area contributed by atoms with Crippen LogP contribution in [0.4, 0.5) is 0 Å². The van der Waals surface area contributed by atoms with Gasteiger partial charge in [-0.1, -0.05) is 55.7 Å². The Kier molecular flexibility index (Phi) is 6.10. The molecule has 0 bridgehead atoms. The third-order valence-electron chi connectivity index (χ3n) is 5.17. The van der Waals surface area contributed by atoms with Crippen LogP contribution in [0.1, 0.15) is 56.2 Å². The predicted octanol–water partition coefficient (Wildman–Crippen LogP) is 5.12. The third kappa shape index (κ3) is 4.73. The lowest BCUT2D eigenvalue weighted by Gasteiger charge is -2.39. The summed E-state index contributed by atoms with van der Waals surface area (Å²) in [4.78, 5) is 12.9. The largest absolute Gasteiger partial charge is 0.360 e. The maximum Gasteiger partial charge on any atom is 0.263 e. The zero-order chi connectivity index (χ0) is 20.5. The molecule has 2 unspecified atom stereocenters. The summed E-state index contributed by atoms with van der Waals surface area (Å²) in [7, 11) is 0. The number of aromatic nitrogens is 1. The first-order valence-electron chi connectivity index (χ1n) is 9.49. The lowest BCUT2D eigenvalue weighted by molar-refractivity contribution is 0.0974. The highest BCUT2D eigenvalue weighted by molar-refractivity contribution is 7.80. The summed E-state index contributed by atoms with van der Waals surface area (Å²) < 4.78 is 5.27. The Morgan fingerprint density at radius 2 is 2.04 bits per heavy atom. The second kappa shape index (κ2) is 8.21. The summed E-state index contributed by atoms with van der Waals surface area (Å²) in [6.07, 6.45) is 3.26. The first-order valence-corrected chi connectivity index (χ1v) is 10.3. The Labute approximate surface area is 176 Å². The van der Waals surface area contributed by atoms with Crippen molar-refractivity contribution < 1.29 is 9.32 Å². The highest BCUT2D eigenvalue weighted by Gasteiger charge is 2.32. The molecule has 0 aliphatic heterocycles. The zero-order valence-electron chi connectivity index (χ0n) is 16.6. The van der Waals surface area contributed by atoms with Crippen LogP contribution in [0.5, 0.6) is 0 Å². The van der Waals surface area contributed by atoms with Gasteiger partial charge in [-0.05, 0) is 55.8 Å². The van der Waals surface area contributed by atoms with Gasteiger partial charge in [-0.25, -0.2) is 0 Å². The second-order valence-electron chi connectivity index (χ2n) is 8.48. The molecule has 5 nitrogen and oxygen atoms in total. The number of halogens is 1. The van der Waals surface area contributed by atoms with Crippen LogP contribution in [0.3, 0.4) is 0 Å². The number of nitrogens with zero attached hydrogens (tertiary/aromatic N) is 1. The van der Waals surface area contributed by atoms with Crippen molar-refractivity contribution in [1.82, 2.24) is 15.8 Å². The van der Waals surface area contributed by atoms with Crippen molar-refractivity contribution >= 4 is 34.8 Å². The summed E-state index contributed by atoms with van der Waals surface area (Å²) >= 11 is 11.7. The molecule has 1 fully saturated rings. The Balaban J connectivity index is 1.73. The number of hydrogen-bond acceptors (Lipinski definition) is 4. The third-order valence-corrected chi connectivity index (χ3v) is 5.72. The molecule has 1 aliphatic carbocycles. The van der Waals surface area contributed by atoms with Gasteiger partial charge in [0.2, 0.25) is 0 Å². The van der Waals surface area contributed by atoms with Crippen LogP contribution < -0.4 is 10.6 Å². The lowest BCUT2D eigenvalue weighted by Crippen LogP contribution is -2.48. The van der Waals surface area contributed by atoms with Gasteiger partial charge >= 0.3 is 0 Å². The Hall–Kier alpha value is -1.92. The highest BCUT2D eigenvalue weighted by Crippen LogP contribution is 2.38. The minimum absolute atomic E-state index is 0.248. The molecule has 2 atom stereocenters. The molecular weight excluding hydrogens is 394 g/mol. The molecule has 1 aromatic heterocycles. The molecule has 1 heterocycles. The number of carbonyl (C=O) groups excluding carboxylic acids is 1. The topological polar surface area (TPSA) is 67.2 Å². The van der Waals surface area contributed by atoms with Crippen molar-refractivity contribution in [2.24, 2.45) is 11.3 Å². The number of carbonyl (C=O) groups is 1. The molecule has 7 heteroatoms. The van der Waals surface area contributed by atoms with Crippen LogP contribution in [0.15, 0.2) is 28.8 Å². The maximum atomic E-state index is 12.9. The molecule has 2 aromatic rings. The number of rotatable bonds is 3. The van der Waals surface area contributed by atoms with E-state index in [1.165, 1.54) is 6.42 Å². The van der Waals surface area contributed by atoms with E-state index < -0.39 is 0 Å². The average Bonchev–Trinajstić information content (AvgIpc) is 2.94. The van der Waals surface area contributed by atoms with Crippen LogP contribution in [0.2, 0.25) is 5.02 Å². The first kappa shape index (κ1) is 20.8. The summed E-state index contributed by atoms with van der Waals surface area (Å²) in [5.74, 6) is 0.684. The van der Waals surface area contributed by atoms with Crippen molar-refractivity contribution in [1.29, 1.82) is 0 Å². The van der Waals surface area contributed by atoms with Crippen LogP contribution in [-0.2, 0) is 0 Å². The standard InChI is InChI=1S/C21H26ClN3O2S/c1-12-9-14(11-21(3,4)10-12)23-20(28)24-19(26)17-13(2)27-25-18(17)15-7-5-6-8-16(15)22/h5-8,12,14H,9-11H2,1-4H3,(H2,23,24,26,28). The zero-order valence-corrected chi connectivity index (χ0v) is 18.2. The Morgan fingerprint density at radius 3 is 2.71 bits per heavy atom. The first-order chi connectivity index (χ1) is 13.2. The van der Waals surface area contributed by atoms with Crippen molar-refractivity contribution in [3.63, 3.8) is 0 Å². The lowest BCUT2D eigenvalue weighted by atomic mass is 9.71. The normalized spacial score (nSPS) is 21.2. The van der Waals surface area contributed by atoms with Gasteiger partial charge < -0.3 is 9.84 Å². The van der Waals surface area contributed by atoms with E-state index in [0.717, 1.165) is 12.8 Å². The number of thiocarbonyl (C=S) groups is 1. The van der Waals surface area contributed by atoms with Gasteiger partial charge in [0, 0.05) is 11.6 Å². The summed E-state index contributed by atoms with van der Waals surface area (Å²) in [6, 6.07) is 7.47. The number of amides is 1. The van der Waals surface area contributed by atoms with Crippen LogP contribution in [0, 0.1) is 18.3 Å². The predicted molar refractivity (Wildman–Crippen MR) is 115 cm³/mol. The van der Waals surface area contributed by atoms with Crippen LogP contribution in [0.25, 0.3) is 11.3 Å². The number of nitrogens with one attached hydrogen (secondary N) is 2. The average molecular weight is 420 g/mol. The summed E-state index contributed by atoms with van der Waals surface area (Å²) in [6.45, 7) is 8.50. The van der Waals surface area contributed by atoms with Gasteiger partial charge in [0.05, 0.1) is 5.02 Å². The fourth-order valence-electron chi connectivity index (χ4n) is 4.32. The van der Waals surface area contributed by atoms with Crippen LogP contribution >= 0.6 is 23.8 Å². The van der Waals surface area contributed by atoms with Gasteiger partial charge in [0.25, 0.3) is 5.91 Å². The quantitative estimate of drug-likeness (QED) is 0.675. The number of aryl methyl sites for hydroxylation is 1. The molecule has 1 amide bonds. The number of hydrogen-bond donors (Lipinski definition) is 2. The van der Waals surface area contributed by atoms with E-state index in [-0.39, 0.29) is 17.4 Å². The van der Waals surface area contributed by atoms with E-state index in [1.54, 1.807) is 19.1 Å². The maximum absolute atomic E-state index is 12.9. The van der Waals surface area contributed by atoms with Gasteiger partial charge in [0.15, 0.2) is 5.11 Å². The smallest absolute Gasteiger partial charge is 0.263 e. The van der Waals surface area contributed by atoms with E-state index in [1.807, 2.05) is 12.1 Å². The van der Waals surface area contributed by atoms with E-state index in [4.69, 9.17) is 28.3 Å². The molecule has 1 saturated carbocycles. The molecular formula is C21H26ClN3O2S. The monoisotopic (exact) mass is 419 g/mol. The number of benzene rings is 1. The van der Waals surface area contributed by atoms with Crippen LogP contribution in [-0.4, -0.2) is 22.2 Å². The summed E-state index contributed by atoms with van der Waals surface area (Å²) in [5.41, 5.74) is 1.66. The van der Waals surface area contributed by atoms with Gasteiger partial charge in [-0.2, -0.15) is 0 Å². The van der Waals surface area contributed by atoms with Gasteiger partial charge in [-0.15, -0.1) is 0 Å². The van der Waals surface area contributed by atoms with Crippen molar-refractivity contribution in [3.05, 3.63) is 40.6 Å². The fraction of sp³-hybridized carbons (Fsp3) is 0.476. The van der Waals surface area contributed by atoms with Gasteiger partial charge in [0.1, 0.15) is 17.0 Å². The molecule has 1 aliphatic rings. The molecule has 2 N–H and O–H groups in total. The van der Waals surface area contributed by atoms with E-state index >= 15 is 0 Å². The SMILES string of the molecule is Cc1onc(-c2ccccc2Cl)c1C(=O)NC(=S)NC1CC(C)CC(C)(C)C1. The minimum Gasteiger partial charge on any atom is -0.360 e. The molecule has 0 saturated heterocycles. The van der Waals surface area contributed by atoms with Crippen molar-refractivity contribution in [2.45, 2.75) is 53.0 Å². The van der Waals surface area contributed by atoms with Crippen molar-refractivity contribution in [2.75, 3.05) is 0 Å². The second-order valence-corrected chi connectivity index (χ2v) is 9.30. The summed E-state index contributed by atoms with van der Waals surface area (Å²) in [5, 5.41) is 11.0. The van der Waals surface area contributed by atoms with Crippen molar-refractivity contribution in [3.8, 4) is 11.3 Å². The van der Waals surface area contributed by atoms with E-state index in [9.17, 15) is 4.79 Å². The van der Waals surface area contributed by atoms with E-state index in [2.05, 4.69) is 36.6 Å². The molecule has 1 aromatic carbocycles. The molecule has 0 radical (unpaired) electrons. The minimum atomic E-state index is -0.353. The Morgan fingerprint density at radius 1 is 1.32 bits per heavy atom. The van der Waals surface area contributed by atoms with E-state index in [0.29, 0.717) is 38.6 Å². The highest BCUT2D eigenvalue weighted by atomic mass is 35.5. The molecule has 150 valence electrons. The fourth-order valence-corrected chi connectivity index (χ4v) is 4.80. The molecule has 28 heavy (non-hydrogen) atoms. The molecule has 0 spiro atoms. The van der Waals surface area contributed by atoms with Gasteiger partial charge in [-0.3, -0.25) is 10.1 Å².